The summed E-state index contributed by atoms with van der Waals surface area (Å²) < 4.78 is 0. The number of hydrogen-bond donors (Lipinski definition) is 1. The first kappa shape index (κ1) is 6.47. The molecule has 2 heteroatoms. The maximum absolute atomic E-state index is 9.74. The Kier molecular flexibility index (Phi) is 3.38. The van der Waals surface area contributed by atoms with Gasteiger partial charge in [0.2, 0.25) is 0 Å². The molecule has 0 amide bonds. The van der Waals surface area contributed by atoms with Crippen LogP contribution in [0.5, 0.6) is 0 Å². The van der Waals surface area contributed by atoms with Gasteiger partial charge in [-0.3, -0.25) is 4.79 Å². The van der Waals surface area contributed by atoms with Gasteiger partial charge in [0, 0.05) is 6.42 Å². The lowest BCUT2D eigenvalue weighted by atomic mass is 10.3. The fourth-order valence-electron chi connectivity index (χ4n) is 0.268. The molecule has 1 N–H and O–H groups in total. The highest BCUT2D eigenvalue weighted by molar-refractivity contribution is 5.66. The van der Waals surface area contributed by atoms with Crippen molar-refractivity contribution >= 4 is 5.97 Å². The van der Waals surface area contributed by atoms with Gasteiger partial charge < -0.3 is 5.11 Å². The van der Waals surface area contributed by atoms with Gasteiger partial charge in [0.25, 0.3) is 0 Å². The molecule has 1 radical (unpaired) electrons. The van der Waals surface area contributed by atoms with Gasteiger partial charge in [-0.25, -0.2) is 0 Å². The third-order valence-electron chi connectivity index (χ3n) is 0.647. The summed E-state index contributed by atoms with van der Waals surface area (Å²) >= 11 is 0. The van der Waals surface area contributed by atoms with Gasteiger partial charge in [-0.15, -0.1) is 0 Å². The van der Waals surface area contributed by atoms with E-state index in [2.05, 4.69) is 0 Å². The maximum atomic E-state index is 9.74. The molecule has 0 aliphatic heterocycles. The first-order chi connectivity index (χ1) is 3.27. The average molecular weight is 101 g/mol. The quantitative estimate of drug-likeness (QED) is 0.577. The number of carbonyl (C=O) groups is 1. The second-order valence-electron chi connectivity index (χ2n) is 1.34. The summed E-state index contributed by atoms with van der Waals surface area (Å²) in [6.45, 7) is 1.85. The zero-order chi connectivity index (χ0) is 5.70. The minimum absolute atomic E-state index is 0.260. The van der Waals surface area contributed by atoms with Crippen molar-refractivity contribution in [1.82, 2.24) is 0 Å². The maximum Gasteiger partial charge on any atom is 0.303 e. The molecule has 0 aromatic heterocycles. The molecule has 0 aromatic rings. The second-order valence-corrected chi connectivity index (χ2v) is 1.34. The molecule has 0 unspecified atom stereocenters. The molecule has 0 atom stereocenters. The molecule has 0 saturated heterocycles. The van der Waals surface area contributed by atoms with Crippen molar-refractivity contribution < 1.29 is 9.90 Å². The van der Waals surface area contributed by atoms with Crippen LogP contribution in [-0.2, 0) is 4.79 Å². The van der Waals surface area contributed by atoms with Gasteiger partial charge in [-0.05, 0) is 12.8 Å². The van der Waals surface area contributed by atoms with Crippen LogP contribution in [-0.4, -0.2) is 11.1 Å². The number of aliphatic carboxylic acids is 1. The molecule has 0 spiro atoms. The van der Waals surface area contributed by atoms with E-state index in [0.29, 0.717) is 6.42 Å². The molecule has 2 nitrogen and oxygen atoms in total. The van der Waals surface area contributed by atoms with E-state index in [1.807, 2.05) is 13.3 Å². The highest BCUT2D eigenvalue weighted by atomic mass is 16.4. The third-order valence-corrected chi connectivity index (χ3v) is 0.647. The minimum Gasteiger partial charge on any atom is -0.481 e. The fourth-order valence-corrected chi connectivity index (χ4v) is 0.268. The average Bonchev–Trinajstić information content (AvgIpc) is 1.61. The molecular weight excluding hydrogens is 92.1 g/mol. The van der Waals surface area contributed by atoms with E-state index in [0.717, 1.165) is 0 Å². The number of hydrogen-bond acceptors (Lipinski definition) is 1. The highest BCUT2D eigenvalue weighted by Crippen LogP contribution is 1.89. The van der Waals surface area contributed by atoms with Gasteiger partial charge in [0.05, 0.1) is 0 Å². The monoisotopic (exact) mass is 101 g/mol. The summed E-state index contributed by atoms with van der Waals surface area (Å²) in [5.41, 5.74) is 0. The van der Waals surface area contributed by atoms with Crippen molar-refractivity contribution in [2.45, 2.75) is 19.8 Å². The van der Waals surface area contributed by atoms with E-state index in [-0.39, 0.29) is 6.42 Å². The predicted molar refractivity (Wildman–Crippen MR) is 26.8 cm³/mol. The Labute approximate surface area is 43.2 Å². The van der Waals surface area contributed by atoms with Crippen LogP contribution in [0.15, 0.2) is 0 Å². The van der Waals surface area contributed by atoms with Gasteiger partial charge >= 0.3 is 5.97 Å². The van der Waals surface area contributed by atoms with Crippen molar-refractivity contribution in [3.05, 3.63) is 6.42 Å². The lowest BCUT2D eigenvalue weighted by molar-refractivity contribution is -0.136. The molecule has 0 heterocycles. The molecule has 0 aliphatic carbocycles. The van der Waals surface area contributed by atoms with E-state index in [1.165, 1.54) is 0 Å². The topological polar surface area (TPSA) is 37.3 Å². The standard InChI is InChI=1S/C5H9O2/c1-2-3-4-5(6)7/h2H,3-4H2,1H3,(H,6,7). The lowest BCUT2D eigenvalue weighted by Crippen LogP contribution is -1.92. The fraction of sp³-hybridized carbons (Fsp3) is 0.600. The molecular formula is C5H9O2. The molecule has 0 aliphatic rings. The summed E-state index contributed by atoms with van der Waals surface area (Å²) in [5.74, 6) is -0.724. The SMILES string of the molecule is C[CH]CCC(=O)O. The molecule has 7 heavy (non-hydrogen) atoms. The molecule has 0 aromatic carbocycles. The first-order valence-corrected chi connectivity index (χ1v) is 2.27. The third kappa shape index (κ3) is 5.47. The van der Waals surface area contributed by atoms with Gasteiger partial charge in [0.1, 0.15) is 0 Å². The summed E-state index contributed by atoms with van der Waals surface area (Å²) in [4.78, 5) is 9.74. The Morgan fingerprint density at radius 3 is 2.57 bits per heavy atom. The van der Waals surface area contributed by atoms with E-state index in [9.17, 15) is 4.79 Å². The predicted octanol–water partition coefficient (Wildman–Crippen LogP) is 1.08. The summed E-state index contributed by atoms with van der Waals surface area (Å²) in [6, 6.07) is 0. The zero-order valence-electron chi connectivity index (χ0n) is 4.35. The van der Waals surface area contributed by atoms with E-state index in [1.54, 1.807) is 0 Å². The molecule has 0 fully saturated rings. The van der Waals surface area contributed by atoms with Crippen LogP contribution in [0.25, 0.3) is 0 Å². The number of unbranched alkanes of at least 4 members (excludes halogenated alkanes) is 1. The van der Waals surface area contributed by atoms with Crippen molar-refractivity contribution in [3.63, 3.8) is 0 Å². The lowest BCUT2D eigenvalue weighted by Gasteiger charge is -1.85. The van der Waals surface area contributed by atoms with E-state index in [4.69, 9.17) is 5.11 Å². The van der Waals surface area contributed by atoms with Gasteiger partial charge in [0.15, 0.2) is 0 Å². The smallest absolute Gasteiger partial charge is 0.303 e. The van der Waals surface area contributed by atoms with Crippen molar-refractivity contribution in [2.75, 3.05) is 0 Å². The Hall–Kier alpha value is -0.530. The number of carboxylic acids is 1. The Bertz CT molecular complexity index is 59.1. The summed E-state index contributed by atoms with van der Waals surface area (Å²) in [7, 11) is 0. The highest BCUT2D eigenvalue weighted by Gasteiger charge is 1.91. The number of rotatable bonds is 3. The van der Waals surface area contributed by atoms with E-state index < -0.39 is 5.97 Å². The molecule has 0 bridgehead atoms. The Morgan fingerprint density at radius 1 is 1.86 bits per heavy atom. The van der Waals surface area contributed by atoms with Crippen LogP contribution in [0.3, 0.4) is 0 Å². The van der Waals surface area contributed by atoms with Crippen LogP contribution in [0.1, 0.15) is 19.8 Å². The molecule has 41 valence electrons. The normalized spacial score (nSPS) is 8.71. The van der Waals surface area contributed by atoms with E-state index >= 15 is 0 Å². The molecule has 0 rings (SSSR count). The second kappa shape index (κ2) is 3.65. The van der Waals surface area contributed by atoms with Crippen LogP contribution >= 0.6 is 0 Å². The van der Waals surface area contributed by atoms with Crippen molar-refractivity contribution in [2.24, 2.45) is 0 Å². The summed E-state index contributed by atoms with van der Waals surface area (Å²) in [5, 5.41) is 8.02. The number of carboxylic acid groups (broad SMARTS) is 1. The van der Waals surface area contributed by atoms with Crippen LogP contribution in [0.2, 0.25) is 0 Å². The van der Waals surface area contributed by atoms with Gasteiger partial charge in [-0.2, -0.15) is 0 Å². The Morgan fingerprint density at radius 2 is 2.43 bits per heavy atom. The largest absolute Gasteiger partial charge is 0.481 e. The summed E-state index contributed by atoms with van der Waals surface area (Å²) in [6.07, 6.45) is 2.78. The van der Waals surface area contributed by atoms with Crippen molar-refractivity contribution in [3.8, 4) is 0 Å². The van der Waals surface area contributed by atoms with Crippen LogP contribution in [0.4, 0.5) is 0 Å². The van der Waals surface area contributed by atoms with Crippen LogP contribution < -0.4 is 0 Å². The minimum atomic E-state index is -0.724. The van der Waals surface area contributed by atoms with Crippen molar-refractivity contribution in [1.29, 1.82) is 0 Å². The Balaban J connectivity index is 2.82. The zero-order valence-corrected chi connectivity index (χ0v) is 4.35. The first-order valence-electron chi connectivity index (χ1n) is 2.27. The van der Waals surface area contributed by atoms with Gasteiger partial charge in [-0.1, -0.05) is 6.92 Å². The van der Waals surface area contributed by atoms with Crippen LogP contribution in [0, 0.1) is 6.42 Å². The molecule has 0 saturated carbocycles.